The number of ether oxygens (including phenoxy) is 3. The maximum absolute atomic E-state index is 13.2. The lowest BCUT2D eigenvalue weighted by molar-refractivity contribution is -0.384. The van der Waals surface area contributed by atoms with E-state index < -0.39 is 28.5 Å². The number of nitro groups is 1. The number of carbonyl (C=O) groups is 3. The van der Waals surface area contributed by atoms with Gasteiger partial charge in [-0.1, -0.05) is 0 Å². The minimum absolute atomic E-state index is 0.0476. The Balaban J connectivity index is 1.86. The molecule has 3 aromatic rings. The zero-order valence-electron chi connectivity index (χ0n) is 22.5. The highest BCUT2D eigenvalue weighted by Crippen LogP contribution is 2.38. The molecule has 0 aliphatic heterocycles. The second-order valence-electron chi connectivity index (χ2n) is 9.09. The van der Waals surface area contributed by atoms with Gasteiger partial charge in [0.25, 0.3) is 17.5 Å². The number of esters is 1. The molecule has 0 bridgehead atoms. The number of phenols is 1. The predicted octanol–water partition coefficient (Wildman–Crippen LogP) is 5.17. The van der Waals surface area contributed by atoms with Gasteiger partial charge >= 0.3 is 5.97 Å². The average Bonchev–Trinajstić information content (AvgIpc) is 2.89. The van der Waals surface area contributed by atoms with Crippen molar-refractivity contribution in [1.29, 1.82) is 0 Å². The molecular weight excluding hydrogens is 522 g/mol. The Morgan fingerprint density at radius 2 is 1.45 bits per heavy atom. The molecule has 0 heterocycles. The first-order valence-electron chi connectivity index (χ1n) is 12.2. The molecule has 40 heavy (non-hydrogen) atoms. The number of rotatable bonds is 10. The van der Waals surface area contributed by atoms with E-state index in [1.807, 2.05) is 0 Å². The topological polar surface area (TPSA) is 166 Å². The largest absolute Gasteiger partial charge is 0.503 e. The van der Waals surface area contributed by atoms with Gasteiger partial charge in [-0.15, -0.1) is 0 Å². The molecule has 0 fully saturated rings. The number of phenolic OH excluding ortho intramolecular Hbond substituents is 1. The summed E-state index contributed by atoms with van der Waals surface area (Å²) in [6.07, 6.45) is -0.590. The Morgan fingerprint density at radius 1 is 0.850 bits per heavy atom. The summed E-state index contributed by atoms with van der Waals surface area (Å²) in [6, 6.07) is 12.0. The number of hydrogen-bond acceptors (Lipinski definition) is 9. The highest BCUT2D eigenvalue weighted by atomic mass is 16.6. The van der Waals surface area contributed by atoms with Crippen molar-refractivity contribution < 1.29 is 38.6 Å². The van der Waals surface area contributed by atoms with Gasteiger partial charge in [-0.2, -0.15) is 0 Å². The van der Waals surface area contributed by atoms with Gasteiger partial charge in [0.05, 0.1) is 46.7 Å². The van der Waals surface area contributed by atoms with Crippen LogP contribution in [0.3, 0.4) is 0 Å². The first-order valence-corrected chi connectivity index (χ1v) is 12.2. The molecule has 3 aromatic carbocycles. The molecule has 0 unspecified atom stereocenters. The maximum atomic E-state index is 13.2. The van der Waals surface area contributed by atoms with Crippen LogP contribution in [0.15, 0.2) is 54.6 Å². The van der Waals surface area contributed by atoms with Crippen LogP contribution < -0.4 is 20.1 Å². The predicted molar refractivity (Wildman–Crippen MR) is 146 cm³/mol. The van der Waals surface area contributed by atoms with E-state index in [2.05, 4.69) is 10.6 Å². The summed E-state index contributed by atoms with van der Waals surface area (Å²) in [6.45, 7) is 7.03. The van der Waals surface area contributed by atoms with E-state index in [9.17, 15) is 29.6 Å². The monoisotopic (exact) mass is 551 g/mol. The molecule has 0 atom stereocenters. The van der Waals surface area contributed by atoms with E-state index in [-0.39, 0.29) is 57.5 Å². The number of methoxy groups -OCH3 is 1. The molecule has 0 aliphatic rings. The van der Waals surface area contributed by atoms with Crippen molar-refractivity contribution in [2.45, 2.75) is 39.9 Å². The summed E-state index contributed by atoms with van der Waals surface area (Å²) >= 11 is 0. The van der Waals surface area contributed by atoms with Gasteiger partial charge in [-0.05, 0) is 70.2 Å². The zero-order valence-corrected chi connectivity index (χ0v) is 22.5. The number of nitrogens with one attached hydrogen (secondary N) is 2. The Labute approximate surface area is 230 Å². The lowest BCUT2D eigenvalue weighted by Gasteiger charge is -2.18. The smallest absolute Gasteiger partial charge is 0.338 e. The van der Waals surface area contributed by atoms with Gasteiger partial charge in [0.15, 0.2) is 11.5 Å². The molecule has 0 saturated heterocycles. The molecular formula is C28H29N3O9. The van der Waals surface area contributed by atoms with Crippen LogP contribution in [-0.4, -0.2) is 47.1 Å². The number of benzene rings is 3. The van der Waals surface area contributed by atoms with Crippen LogP contribution in [-0.2, 0) is 4.74 Å². The number of non-ortho nitro benzene ring substituents is 1. The van der Waals surface area contributed by atoms with Gasteiger partial charge in [-0.25, -0.2) is 4.79 Å². The third-order valence-corrected chi connectivity index (χ3v) is 5.34. The summed E-state index contributed by atoms with van der Waals surface area (Å²) in [7, 11) is 1.25. The average molecular weight is 552 g/mol. The molecule has 12 heteroatoms. The first kappa shape index (κ1) is 29.4. The third kappa shape index (κ3) is 7.04. The summed E-state index contributed by atoms with van der Waals surface area (Å²) in [5.41, 5.74) is 0.344. The number of carbonyl (C=O) groups excluding carboxylic acids is 3. The number of aromatic hydroxyl groups is 1. The van der Waals surface area contributed by atoms with Crippen molar-refractivity contribution in [3.8, 4) is 17.2 Å². The highest BCUT2D eigenvalue weighted by molar-refractivity contribution is 6.10. The fourth-order valence-corrected chi connectivity index (χ4v) is 3.56. The van der Waals surface area contributed by atoms with Crippen LogP contribution in [0.5, 0.6) is 17.2 Å². The Bertz CT molecular complexity index is 1430. The summed E-state index contributed by atoms with van der Waals surface area (Å²) in [5.74, 6) is -2.32. The number of hydrogen-bond donors (Lipinski definition) is 3. The first-order chi connectivity index (χ1) is 18.9. The van der Waals surface area contributed by atoms with Gasteiger partial charge in [0.1, 0.15) is 5.75 Å². The van der Waals surface area contributed by atoms with Crippen molar-refractivity contribution in [1.82, 2.24) is 0 Å². The number of anilines is 2. The van der Waals surface area contributed by atoms with Gasteiger partial charge in [-0.3, -0.25) is 19.7 Å². The molecule has 0 aromatic heterocycles. The lowest BCUT2D eigenvalue weighted by Crippen LogP contribution is -2.17. The molecule has 210 valence electrons. The zero-order chi connectivity index (χ0) is 29.6. The third-order valence-electron chi connectivity index (χ3n) is 5.34. The van der Waals surface area contributed by atoms with Gasteiger partial charge < -0.3 is 30.0 Å². The normalized spacial score (nSPS) is 10.7. The number of nitro benzene ring substituents is 1. The van der Waals surface area contributed by atoms with Crippen molar-refractivity contribution in [2.24, 2.45) is 0 Å². The van der Waals surface area contributed by atoms with Gasteiger partial charge in [0, 0.05) is 17.7 Å². The van der Waals surface area contributed by atoms with E-state index in [0.29, 0.717) is 0 Å². The van der Waals surface area contributed by atoms with Crippen LogP contribution in [0.2, 0.25) is 0 Å². The molecule has 0 saturated carbocycles. The van der Waals surface area contributed by atoms with E-state index in [4.69, 9.17) is 14.2 Å². The minimum Gasteiger partial charge on any atom is -0.503 e. The van der Waals surface area contributed by atoms with Crippen LogP contribution >= 0.6 is 0 Å². The Kier molecular flexibility index (Phi) is 9.28. The van der Waals surface area contributed by atoms with Crippen molar-refractivity contribution in [3.63, 3.8) is 0 Å². The molecule has 3 N–H and O–H groups in total. The van der Waals surface area contributed by atoms with E-state index in [1.54, 1.807) is 27.7 Å². The Morgan fingerprint density at radius 3 is 2.02 bits per heavy atom. The molecule has 3 rings (SSSR count). The van der Waals surface area contributed by atoms with Crippen LogP contribution in [0.25, 0.3) is 0 Å². The SMILES string of the molecule is COc1c(C(=O)Nc2ccc(C(=O)OC(C)C)cc2OC(C)C)ccc(NC(=O)c2ccc([N+](=O)[O-])cc2)c1O. The van der Waals surface area contributed by atoms with Gasteiger partial charge in [0.2, 0.25) is 0 Å². The molecule has 0 radical (unpaired) electrons. The van der Waals surface area contributed by atoms with E-state index in [0.717, 1.165) is 0 Å². The number of amides is 2. The molecule has 2 amide bonds. The fraction of sp³-hybridized carbons (Fsp3) is 0.250. The molecule has 0 spiro atoms. The second kappa shape index (κ2) is 12.6. The standard InChI is InChI=1S/C28H29N3O9/c1-15(2)39-23-14-18(28(35)40-16(3)4)8-12-21(23)29-27(34)20-11-13-22(24(32)25(20)38-5)30-26(33)17-6-9-19(10-7-17)31(36)37/h6-16,32H,1-5H3,(H,29,34)(H,30,33). The lowest BCUT2D eigenvalue weighted by atomic mass is 10.1. The molecule has 12 nitrogen and oxygen atoms in total. The fourth-order valence-electron chi connectivity index (χ4n) is 3.56. The quantitative estimate of drug-likeness (QED) is 0.133. The summed E-state index contributed by atoms with van der Waals surface area (Å²) in [4.78, 5) is 48.4. The van der Waals surface area contributed by atoms with Crippen molar-refractivity contribution in [3.05, 3.63) is 81.4 Å². The van der Waals surface area contributed by atoms with Crippen LogP contribution in [0.1, 0.15) is 58.8 Å². The highest BCUT2D eigenvalue weighted by Gasteiger charge is 2.22. The summed E-state index contributed by atoms with van der Waals surface area (Å²) in [5, 5.41) is 26.8. The maximum Gasteiger partial charge on any atom is 0.338 e. The second-order valence-corrected chi connectivity index (χ2v) is 9.09. The van der Waals surface area contributed by atoms with Crippen LogP contribution in [0, 0.1) is 10.1 Å². The molecule has 0 aliphatic carbocycles. The minimum atomic E-state index is -0.661. The van der Waals surface area contributed by atoms with Crippen molar-refractivity contribution >= 4 is 34.8 Å². The van der Waals surface area contributed by atoms with E-state index >= 15 is 0 Å². The Hall–Kier alpha value is -5.13. The van der Waals surface area contributed by atoms with Crippen LogP contribution in [0.4, 0.5) is 17.1 Å². The number of nitrogens with zero attached hydrogens (tertiary/aromatic N) is 1. The summed E-state index contributed by atoms with van der Waals surface area (Å²) < 4.78 is 16.3. The van der Waals surface area contributed by atoms with Crippen molar-refractivity contribution in [2.75, 3.05) is 17.7 Å². The van der Waals surface area contributed by atoms with E-state index in [1.165, 1.54) is 61.7 Å².